The van der Waals surface area contributed by atoms with E-state index in [9.17, 15) is 9.59 Å². The monoisotopic (exact) mass is 328 g/mol. The molecule has 1 aromatic carbocycles. The molecule has 1 aliphatic carbocycles. The van der Waals surface area contributed by atoms with Crippen molar-refractivity contribution in [1.82, 2.24) is 4.90 Å². The third-order valence-electron chi connectivity index (χ3n) is 5.53. The molecule has 4 heteroatoms. The van der Waals surface area contributed by atoms with E-state index >= 15 is 0 Å². The fourth-order valence-electron chi connectivity index (χ4n) is 4.08. The summed E-state index contributed by atoms with van der Waals surface area (Å²) in [6, 6.07) is 6.45. The summed E-state index contributed by atoms with van der Waals surface area (Å²) in [6.45, 7) is 4.69. The molecule has 2 fully saturated rings. The molecule has 24 heavy (non-hydrogen) atoms. The zero-order valence-corrected chi connectivity index (χ0v) is 14.8. The van der Waals surface area contributed by atoms with Gasteiger partial charge in [-0.15, -0.1) is 0 Å². The summed E-state index contributed by atoms with van der Waals surface area (Å²) in [4.78, 5) is 27.1. The van der Waals surface area contributed by atoms with E-state index in [4.69, 9.17) is 0 Å². The number of nitrogens with one attached hydrogen (secondary N) is 1. The Hall–Kier alpha value is -1.84. The van der Waals surface area contributed by atoms with E-state index in [0.29, 0.717) is 19.0 Å². The van der Waals surface area contributed by atoms with Gasteiger partial charge in [0.2, 0.25) is 11.8 Å². The van der Waals surface area contributed by atoms with Crippen LogP contribution in [0.3, 0.4) is 0 Å². The lowest BCUT2D eigenvalue weighted by atomic mass is 9.94. The average molecular weight is 328 g/mol. The zero-order chi connectivity index (χ0) is 17.1. The molecule has 2 amide bonds. The molecule has 1 saturated heterocycles. The van der Waals surface area contributed by atoms with Gasteiger partial charge in [-0.25, -0.2) is 0 Å². The van der Waals surface area contributed by atoms with Gasteiger partial charge in [-0.3, -0.25) is 9.59 Å². The number of nitrogens with zero attached hydrogens (tertiary/aromatic N) is 1. The minimum atomic E-state index is -0.219. The lowest BCUT2D eigenvalue weighted by Crippen LogP contribution is -2.38. The highest BCUT2D eigenvalue weighted by atomic mass is 16.2. The average Bonchev–Trinajstić information content (AvgIpc) is 2.99. The van der Waals surface area contributed by atoms with Crippen molar-refractivity contribution in [2.75, 3.05) is 11.9 Å². The smallest absolute Gasteiger partial charge is 0.229 e. The Labute approximate surface area is 144 Å². The maximum absolute atomic E-state index is 12.7. The van der Waals surface area contributed by atoms with E-state index in [1.165, 1.54) is 19.3 Å². The number of hydrogen-bond donors (Lipinski definition) is 1. The van der Waals surface area contributed by atoms with Crippen LogP contribution in [0.25, 0.3) is 0 Å². The molecule has 0 aromatic heterocycles. The van der Waals surface area contributed by atoms with Crippen LogP contribution in [0.1, 0.15) is 56.6 Å². The van der Waals surface area contributed by atoms with E-state index < -0.39 is 0 Å². The van der Waals surface area contributed by atoms with Crippen molar-refractivity contribution in [3.8, 4) is 0 Å². The topological polar surface area (TPSA) is 49.4 Å². The minimum Gasteiger partial charge on any atom is -0.339 e. The molecule has 1 atom stereocenters. The lowest BCUT2D eigenvalue weighted by molar-refractivity contribution is -0.130. The Bertz CT molecular complexity index is 620. The molecule has 0 bridgehead atoms. The van der Waals surface area contributed by atoms with E-state index in [1.807, 2.05) is 24.0 Å². The van der Waals surface area contributed by atoms with Crippen molar-refractivity contribution in [3.63, 3.8) is 0 Å². The minimum absolute atomic E-state index is 0.00865. The fraction of sp³-hybridized carbons (Fsp3) is 0.600. The Kier molecular flexibility index (Phi) is 5.22. The van der Waals surface area contributed by atoms with Gasteiger partial charge >= 0.3 is 0 Å². The number of carbonyl (C=O) groups excluding carboxylic acids is 2. The number of benzene rings is 1. The lowest BCUT2D eigenvalue weighted by Gasteiger charge is -2.31. The van der Waals surface area contributed by atoms with Gasteiger partial charge in [0.05, 0.1) is 5.92 Å². The largest absolute Gasteiger partial charge is 0.339 e. The van der Waals surface area contributed by atoms with Gasteiger partial charge in [-0.1, -0.05) is 44.4 Å². The molecule has 1 saturated carbocycles. The first kappa shape index (κ1) is 17.0. The second-order valence-electron chi connectivity index (χ2n) is 7.19. The number of anilines is 1. The third kappa shape index (κ3) is 3.47. The Balaban J connectivity index is 1.67. The molecular formula is C20H28N2O2. The van der Waals surface area contributed by atoms with Crippen molar-refractivity contribution in [1.29, 1.82) is 0 Å². The van der Waals surface area contributed by atoms with Crippen LogP contribution in [0, 0.1) is 12.8 Å². The summed E-state index contributed by atoms with van der Waals surface area (Å²) in [6.07, 6.45) is 7.11. The number of aryl methyl sites for hydroxylation is 2. The number of hydrogen-bond acceptors (Lipinski definition) is 2. The fourth-order valence-corrected chi connectivity index (χ4v) is 4.08. The molecule has 1 aliphatic heterocycles. The van der Waals surface area contributed by atoms with E-state index in [1.54, 1.807) is 0 Å². The zero-order valence-electron chi connectivity index (χ0n) is 14.8. The normalized spacial score (nSPS) is 22.0. The Morgan fingerprint density at radius 3 is 2.71 bits per heavy atom. The second kappa shape index (κ2) is 7.37. The van der Waals surface area contributed by atoms with Gasteiger partial charge in [0.15, 0.2) is 0 Å². The molecule has 1 N–H and O–H groups in total. The number of amides is 2. The van der Waals surface area contributed by atoms with Crippen LogP contribution in [0.4, 0.5) is 5.69 Å². The van der Waals surface area contributed by atoms with Gasteiger partial charge < -0.3 is 10.2 Å². The van der Waals surface area contributed by atoms with E-state index in [-0.39, 0.29) is 17.7 Å². The standard InChI is InChI=1S/C20H28N2O2/c1-3-15-9-7-8-14(2)19(15)21-20(24)16-12-18(23)22(13-16)17-10-5-4-6-11-17/h7-9,16-17H,3-6,10-13H2,1-2H3,(H,21,24)/t16-/m1/s1. The highest BCUT2D eigenvalue weighted by Crippen LogP contribution is 2.30. The molecule has 2 aliphatic rings. The molecule has 130 valence electrons. The molecule has 0 spiro atoms. The summed E-state index contributed by atoms with van der Waals surface area (Å²) >= 11 is 0. The molecule has 1 heterocycles. The summed E-state index contributed by atoms with van der Waals surface area (Å²) in [5, 5.41) is 3.10. The first-order chi connectivity index (χ1) is 11.6. The highest BCUT2D eigenvalue weighted by Gasteiger charge is 2.38. The van der Waals surface area contributed by atoms with Crippen LogP contribution < -0.4 is 5.32 Å². The van der Waals surface area contributed by atoms with Crippen molar-refractivity contribution < 1.29 is 9.59 Å². The number of para-hydroxylation sites is 1. The molecule has 0 radical (unpaired) electrons. The van der Waals surface area contributed by atoms with Crippen molar-refractivity contribution in [2.45, 2.75) is 64.8 Å². The quantitative estimate of drug-likeness (QED) is 0.916. The summed E-state index contributed by atoms with van der Waals surface area (Å²) < 4.78 is 0. The van der Waals surface area contributed by atoms with Crippen molar-refractivity contribution >= 4 is 17.5 Å². The molecule has 0 unspecified atom stereocenters. The van der Waals surface area contributed by atoms with Crippen LogP contribution in [-0.2, 0) is 16.0 Å². The number of carbonyl (C=O) groups is 2. The van der Waals surface area contributed by atoms with Gasteiger partial charge in [-0.2, -0.15) is 0 Å². The van der Waals surface area contributed by atoms with Crippen LogP contribution in [-0.4, -0.2) is 29.3 Å². The highest BCUT2D eigenvalue weighted by molar-refractivity contribution is 5.98. The van der Waals surface area contributed by atoms with Crippen LogP contribution in [0.2, 0.25) is 0 Å². The van der Waals surface area contributed by atoms with E-state index in [0.717, 1.165) is 36.1 Å². The summed E-state index contributed by atoms with van der Waals surface area (Å²) in [5.74, 6) is -0.0723. The maximum Gasteiger partial charge on any atom is 0.229 e. The van der Waals surface area contributed by atoms with Gasteiger partial charge in [0, 0.05) is 24.7 Å². The predicted molar refractivity (Wildman–Crippen MR) is 95.9 cm³/mol. The molecule has 4 nitrogen and oxygen atoms in total. The van der Waals surface area contributed by atoms with Crippen molar-refractivity contribution in [3.05, 3.63) is 29.3 Å². The predicted octanol–water partition coefficient (Wildman–Crippen LogP) is 3.68. The Morgan fingerprint density at radius 2 is 2.00 bits per heavy atom. The van der Waals surface area contributed by atoms with Crippen LogP contribution in [0.5, 0.6) is 0 Å². The molecule has 3 rings (SSSR count). The van der Waals surface area contributed by atoms with Crippen LogP contribution >= 0.6 is 0 Å². The third-order valence-corrected chi connectivity index (χ3v) is 5.53. The summed E-state index contributed by atoms with van der Waals surface area (Å²) in [5.41, 5.74) is 3.15. The maximum atomic E-state index is 12.7. The first-order valence-corrected chi connectivity index (χ1v) is 9.29. The summed E-state index contributed by atoms with van der Waals surface area (Å²) in [7, 11) is 0. The van der Waals surface area contributed by atoms with Gasteiger partial charge in [0.1, 0.15) is 0 Å². The van der Waals surface area contributed by atoms with Crippen molar-refractivity contribution in [2.24, 2.45) is 5.92 Å². The second-order valence-corrected chi connectivity index (χ2v) is 7.19. The van der Waals surface area contributed by atoms with Gasteiger partial charge in [0.25, 0.3) is 0 Å². The number of rotatable bonds is 4. The molecular weight excluding hydrogens is 300 g/mol. The molecule has 1 aromatic rings. The van der Waals surface area contributed by atoms with E-state index in [2.05, 4.69) is 18.3 Å². The Morgan fingerprint density at radius 1 is 1.25 bits per heavy atom. The number of likely N-dealkylation sites (tertiary alicyclic amines) is 1. The van der Waals surface area contributed by atoms with Crippen LogP contribution in [0.15, 0.2) is 18.2 Å². The van der Waals surface area contributed by atoms with Gasteiger partial charge in [-0.05, 0) is 37.3 Å². The first-order valence-electron chi connectivity index (χ1n) is 9.29. The SMILES string of the molecule is CCc1cccc(C)c1NC(=O)[C@@H]1CC(=O)N(C2CCCCC2)C1.